The average molecular weight is 411 g/mol. The van der Waals surface area contributed by atoms with Crippen LogP contribution in [0.2, 0.25) is 0 Å². The van der Waals surface area contributed by atoms with Gasteiger partial charge in [-0.2, -0.15) is 0 Å². The van der Waals surface area contributed by atoms with Gasteiger partial charge >= 0.3 is 0 Å². The van der Waals surface area contributed by atoms with E-state index in [9.17, 15) is 0 Å². The minimum atomic E-state index is 0.391. The van der Waals surface area contributed by atoms with Crippen LogP contribution in [0.1, 0.15) is 82.0 Å². The van der Waals surface area contributed by atoms with Crippen LogP contribution in [-0.2, 0) is 25.8 Å². The summed E-state index contributed by atoms with van der Waals surface area (Å²) >= 11 is 0. The van der Waals surface area contributed by atoms with Gasteiger partial charge in [-0.1, -0.05) is 20.8 Å². The third-order valence-electron chi connectivity index (χ3n) is 5.41. The minimum Gasteiger partial charge on any atom is -0.382 e. The third kappa shape index (κ3) is 5.68. The first kappa shape index (κ1) is 24.0. The molecule has 0 aliphatic carbocycles. The summed E-state index contributed by atoms with van der Waals surface area (Å²) in [5.41, 5.74) is 10.6. The fourth-order valence-electron chi connectivity index (χ4n) is 4.36. The fraction of sp³-hybridized carbons (Fsp3) is 0.577. The zero-order valence-electron chi connectivity index (χ0n) is 20.6. The molecule has 2 rings (SSSR count). The summed E-state index contributed by atoms with van der Waals surface area (Å²) in [4.78, 5) is 4.69. The number of aryl methyl sites for hydroxylation is 2. The van der Waals surface area contributed by atoms with Gasteiger partial charge in [-0.3, -0.25) is 0 Å². The molecule has 0 spiro atoms. The van der Waals surface area contributed by atoms with Crippen molar-refractivity contribution < 1.29 is 0 Å². The highest BCUT2D eigenvalue weighted by atomic mass is 15.0. The Morgan fingerprint density at radius 2 is 1.23 bits per heavy atom. The molecular weight excluding hydrogens is 368 g/mol. The van der Waals surface area contributed by atoms with Gasteiger partial charge in [0.25, 0.3) is 0 Å². The molecule has 1 aromatic carbocycles. The molecule has 3 N–H and O–H groups in total. The van der Waals surface area contributed by atoms with Crippen molar-refractivity contribution in [3.8, 4) is 0 Å². The lowest BCUT2D eigenvalue weighted by molar-refractivity contribution is 0.862. The number of rotatable bonds is 10. The molecule has 4 nitrogen and oxygen atoms in total. The van der Waals surface area contributed by atoms with E-state index in [-0.39, 0.29) is 0 Å². The van der Waals surface area contributed by atoms with Crippen molar-refractivity contribution in [2.45, 2.75) is 100 Å². The maximum absolute atomic E-state index is 4.69. The summed E-state index contributed by atoms with van der Waals surface area (Å²) in [6.07, 6.45) is 3.03. The molecule has 0 radical (unpaired) electrons. The maximum atomic E-state index is 4.69. The SMILES string of the molecule is CCc1c(CNc2cc(C)cc(C)n2)c(CC)c(NC(C)C)c(CC)c1NC(C)C. The normalized spacial score (nSPS) is 11.3. The second-order valence-electron chi connectivity index (χ2n) is 8.85. The van der Waals surface area contributed by atoms with Crippen molar-refractivity contribution in [1.82, 2.24) is 4.98 Å². The van der Waals surface area contributed by atoms with E-state index < -0.39 is 0 Å². The molecule has 0 saturated heterocycles. The molecular formula is C26H42N4. The predicted molar refractivity (Wildman–Crippen MR) is 133 cm³/mol. The molecule has 30 heavy (non-hydrogen) atoms. The molecule has 0 unspecified atom stereocenters. The summed E-state index contributed by atoms with van der Waals surface area (Å²) in [5, 5.41) is 11.2. The molecule has 2 aromatic rings. The van der Waals surface area contributed by atoms with Gasteiger partial charge in [0.05, 0.1) is 0 Å². The van der Waals surface area contributed by atoms with Crippen LogP contribution in [-0.4, -0.2) is 17.1 Å². The van der Waals surface area contributed by atoms with Crippen LogP contribution in [0.15, 0.2) is 12.1 Å². The molecule has 166 valence electrons. The summed E-state index contributed by atoms with van der Waals surface area (Å²) in [7, 11) is 0. The van der Waals surface area contributed by atoms with Crippen LogP contribution in [0, 0.1) is 13.8 Å². The van der Waals surface area contributed by atoms with E-state index in [1.54, 1.807) is 0 Å². The van der Waals surface area contributed by atoms with Crippen molar-refractivity contribution in [1.29, 1.82) is 0 Å². The van der Waals surface area contributed by atoms with Crippen molar-refractivity contribution >= 4 is 17.2 Å². The van der Waals surface area contributed by atoms with E-state index in [0.717, 1.165) is 37.3 Å². The fourth-order valence-corrected chi connectivity index (χ4v) is 4.36. The van der Waals surface area contributed by atoms with Gasteiger partial charge in [-0.25, -0.2) is 4.98 Å². The lowest BCUT2D eigenvalue weighted by Gasteiger charge is -2.29. The summed E-state index contributed by atoms with van der Waals surface area (Å²) in [6.45, 7) is 20.7. The lowest BCUT2D eigenvalue weighted by Crippen LogP contribution is -2.21. The molecule has 0 saturated carbocycles. The predicted octanol–water partition coefficient (Wildman–Crippen LogP) is 6.64. The number of aromatic nitrogens is 1. The molecule has 0 fully saturated rings. The molecule has 0 aliphatic rings. The second-order valence-corrected chi connectivity index (χ2v) is 8.85. The summed E-state index contributed by atoms with van der Waals surface area (Å²) in [5.74, 6) is 0.952. The number of nitrogens with one attached hydrogen (secondary N) is 3. The van der Waals surface area contributed by atoms with Crippen LogP contribution < -0.4 is 16.0 Å². The van der Waals surface area contributed by atoms with Gasteiger partial charge in [0.15, 0.2) is 0 Å². The largest absolute Gasteiger partial charge is 0.382 e. The molecule has 1 aromatic heterocycles. The average Bonchev–Trinajstić information content (AvgIpc) is 2.65. The van der Waals surface area contributed by atoms with Crippen LogP contribution in [0.3, 0.4) is 0 Å². The van der Waals surface area contributed by atoms with Crippen molar-refractivity contribution in [3.05, 3.63) is 45.6 Å². The smallest absolute Gasteiger partial charge is 0.126 e. The van der Waals surface area contributed by atoms with Crippen molar-refractivity contribution in [3.63, 3.8) is 0 Å². The van der Waals surface area contributed by atoms with E-state index >= 15 is 0 Å². The van der Waals surface area contributed by atoms with Gasteiger partial charge in [0.2, 0.25) is 0 Å². The minimum absolute atomic E-state index is 0.391. The molecule has 1 heterocycles. The first-order valence-corrected chi connectivity index (χ1v) is 11.6. The van der Waals surface area contributed by atoms with Gasteiger partial charge in [-0.15, -0.1) is 0 Å². The van der Waals surface area contributed by atoms with E-state index in [1.807, 2.05) is 0 Å². The Bertz CT molecular complexity index is 793. The van der Waals surface area contributed by atoms with Crippen molar-refractivity contribution in [2.24, 2.45) is 0 Å². The number of anilines is 3. The number of benzene rings is 1. The Balaban J connectivity index is 2.65. The van der Waals surface area contributed by atoms with E-state index in [0.29, 0.717) is 12.1 Å². The zero-order chi connectivity index (χ0) is 22.4. The second kappa shape index (κ2) is 10.7. The topological polar surface area (TPSA) is 49.0 Å². The Kier molecular flexibility index (Phi) is 8.57. The number of pyridine rings is 1. The van der Waals surface area contributed by atoms with Crippen LogP contribution >= 0.6 is 0 Å². The summed E-state index contributed by atoms with van der Waals surface area (Å²) < 4.78 is 0. The Morgan fingerprint density at radius 3 is 1.63 bits per heavy atom. The molecule has 0 bridgehead atoms. The highest BCUT2D eigenvalue weighted by Crippen LogP contribution is 2.38. The van der Waals surface area contributed by atoms with Crippen LogP contribution in [0.4, 0.5) is 17.2 Å². The highest BCUT2D eigenvalue weighted by Gasteiger charge is 2.22. The van der Waals surface area contributed by atoms with Gasteiger partial charge in [0, 0.05) is 35.7 Å². The third-order valence-corrected chi connectivity index (χ3v) is 5.41. The maximum Gasteiger partial charge on any atom is 0.126 e. The van der Waals surface area contributed by atoms with Gasteiger partial charge in [0.1, 0.15) is 5.82 Å². The highest BCUT2D eigenvalue weighted by molar-refractivity contribution is 5.76. The Hall–Kier alpha value is -2.23. The van der Waals surface area contributed by atoms with Gasteiger partial charge in [-0.05, 0) is 101 Å². The first-order chi connectivity index (χ1) is 14.2. The Morgan fingerprint density at radius 1 is 0.733 bits per heavy atom. The monoisotopic (exact) mass is 410 g/mol. The standard InChI is InChI=1S/C26H42N4/c1-10-20-23(15-27-24-14-18(8)13-19(9)30-24)21(11-2)26(29-17(6)7)22(12-3)25(20)28-16(4)5/h13-14,16-17,28-29H,10-12,15H2,1-9H3,(H,27,30). The van der Waals surface area contributed by atoms with Crippen LogP contribution in [0.25, 0.3) is 0 Å². The molecule has 4 heteroatoms. The number of nitrogens with zero attached hydrogens (tertiary/aromatic N) is 1. The molecule has 0 amide bonds. The van der Waals surface area contributed by atoms with Crippen LogP contribution in [0.5, 0.6) is 0 Å². The van der Waals surface area contributed by atoms with E-state index in [4.69, 9.17) is 4.98 Å². The quantitative estimate of drug-likeness (QED) is 0.411. The molecule has 0 aliphatic heterocycles. The molecule has 0 atom stereocenters. The van der Waals surface area contributed by atoms with Gasteiger partial charge < -0.3 is 16.0 Å². The zero-order valence-corrected chi connectivity index (χ0v) is 20.6. The number of hydrogen-bond acceptors (Lipinski definition) is 4. The summed E-state index contributed by atoms with van der Waals surface area (Å²) in [6, 6.07) is 5.03. The van der Waals surface area contributed by atoms with E-state index in [1.165, 1.54) is 39.2 Å². The Labute approximate surface area is 184 Å². The lowest BCUT2D eigenvalue weighted by atomic mass is 9.88. The van der Waals surface area contributed by atoms with Crippen molar-refractivity contribution in [2.75, 3.05) is 16.0 Å². The van der Waals surface area contributed by atoms with E-state index in [2.05, 4.69) is 90.4 Å². The first-order valence-electron chi connectivity index (χ1n) is 11.6. The number of hydrogen-bond donors (Lipinski definition) is 3.